The number of benzene rings is 1. The smallest absolute Gasteiger partial charge is 0.305 e. The second kappa shape index (κ2) is 7.45. The Balaban J connectivity index is 1.59. The third-order valence-corrected chi connectivity index (χ3v) is 6.31. The maximum atomic E-state index is 13.2. The number of aromatic nitrogens is 3. The highest BCUT2D eigenvalue weighted by molar-refractivity contribution is 7.20. The number of nitrogens with one attached hydrogen (secondary N) is 1. The van der Waals surface area contributed by atoms with Gasteiger partial charge in [0.05, 0.1) is 4.88 Å². The van der Waals surface area contributed by atoms with Crippen molar-refractivity contribution in [1.29, 1.82) is 0 Å². The lowest BCUT2D eigenvalue weighted by Crippen LogP contribution is -2.13. The summed E-state index contributed by atoms with van der Waals surface area (Å²) < 4.78 is 40.9. The first-order chi connectivity index (χ1) is 15.3. The molecule has 0 aliphatic heterocycles. The molecular weight excluding hydrogens is 437 g/mol. The van der Waals surface area contributed by atoms with Gasteiger partial charge in [0.2, 0.25) is 0 Å². The number of hydrogen-bond acceptors (Lipinski definition) is 4. The van der Waals surface area contributed by atoms with Crippen LogP contribution in [0.1, 0.15) is 20.9 Å². The molecule has 4 aromatic heterocycles. The first-order valence-electron chi connectivity index (χ1n) is 9.64. The third kappa shape index (κ3) is 3.40. The molecule has 1 aromatic carbocycles. The minimum Gasteiger partial charge on any atom is -0.305 e. The number of rotatable bonds is 3. The first-order valence-corrected chi connectivity index (χ1v) is 10.5. The molecule has 0 bridgehead atoms. The van der Waals surface area contributed by atoms with Crippen molar-refractivity contribution in [3.05, 3.63) is 83.0 Å². The summed E-state index contributed by atoms with van der Waals surface area (Å²) in [6.45, 7) is 1.70. The second-order valence-corrected chi connectivity index (χ2v) is 8.16. The molecule has 0 spiro atoms. The number of pyridine rings is 2. The molecule has 1 N–H and O–H groups in total. The summed E-state index contributed by atoms with van der Waals surface area (Å²) in [5, 5.41) is 3.44. The summed E-state index contributed by atoms with van der Waals surface area (Å²) >= 11 is 0.938. The van der Waals surface area contributed by atoms with Crippen LogP contribution >= 0.6 is 11.3 Å². The van der Waals surface area contributed by atoms with E-state index in [-0.39, 0.29) is 4.83 Å². The number of carbonyl (C=O) groups is 1. The fourth-order valence-electron chi connectivity index (χ4n) is 3.55. The lowest BCUT2D eigenvalue weighted by molar-refractivity contribution is -0.140. The number of aryl methyl sites for hydroxylation is 1. The molecule has 0 aliphatic carbocycles. The minimum absolute atomic E-state index is 0.170. The Morgan fingerprint density at radius 3 is 2.50 bits per heavy atom. The van der Waals surface area contributed by atoms with Gasteiger partial charge in [-0.1, -0.05) is 36.4 Å². The molecule has 9 heteroatoms. The monoisotopic (exact) mass is 452 g/mol. The number of fused-ring (bicyclic) bond motifs is 2. The zero-order chi connectivity index (χ0) is 22.5. The van der Waals surface area contributed by atoms with Crippen LogP contribution < -0.4 is 5.32 Å². The molecule has 32 heavy (non-hydrogen) atoms. The average Bonchev–Trinajstić information content (AvgIpc) is 3.31. The Morgan fingerprint density at radius 1 is 1.00 bits per heavy atom. The molecule has 4 heterocycles. The molecule has 0 aliphatic rings. The summed E-state index contributed by atoms with van der Waals surface area (Å²) in [5.74, 6) is 0.0551. The molecule has 1 amide bonds. The summed E-state index contributed by atoms with van der Waals surface area (Å²) in [4.78, 5) is 22.1. The molecule has 0 atom stereocenters. The van der Waals surface area contributed by atoms with Crippen LogP contribution in [0.25, 0.3) is 27.1 Å². The van der Waals surface area contributed by atoms with Crippen molar-refractivity contribution in [1.82, 2.24) is 14.4 Å². The topological polar surface area (TPSA) is 59.3 Å². The SMILES string of the molecule is Cc1c(C(=O)Nc2c(-c3ccccc3)nc3ccccn23)sc2nc(C(F)(F)F)ccc12. The van der Waals surface area contributed by atoms with Gasteiger partial charge in [-0.3, -0.25) is 9.20 Å². The van der Waals surface area contributed by atoms with E-state index in [0.29, 0.717) is 33.0 Å². The molecule has 0 fully saturated rings. The molecule has 0 unspecified atom stereocenters. The number of nitrogens with zero attached hydrogens (tertiary/aromatic N) is 3. The van der Waals surface area contributed by atoms with E-state index in [1.54, 1.807) is 17.5 Å². The van der Waals surface area contributed by atoms with Gasteiger partial charge in [0.1, 0.15) is 27.7 Å². The number of halogens is 3. The summed E-state index contributed by atoms with van der Waals surface area (Å²) in [5.41, 5.74) is 1.69. The normalized spacial score (nSPS) is 11.9. The van der Waals surface area contributed by atoms with E-state index in [1.165, 1.54) is 6.07 Å². The quantitative estimate of drug-likeness (QED) is 0.355. The lowest BCUT2D eigenvalue weighted by Gasteiger charge is -2.07. The van der Waals surface area contributed by atoms with Crippen molar-refractivity contribution in [3.63, 3.8) is 0 Å². The van der Waals surface area contributed by atoms with Crippen LogP contribution in [0.4, 0.5) is 19.0 Å². The first kappa shape index (κ1) is 20.2. The summed E-state index contributed by atoms with van der Waals surface area (Å²) in [6, 6.07) is 17.2. The van der Waals surface area contributed by atoms with Crippen molar-refractivity contribution >= 4 is 38.9 Å². The van der Waals surface area contributed by atoms with Crippen LogP contribution in [0.2, 0.25) is 0 Å². The lowest BCUT2D eigenvalue weighted by atomic mass is 10.1. The Morgan fingerprint density at radius 2 is 1.75 bits per heavy atom. The minimum atomic E-state index is -4.55. The number of hydrogen-bond donors (Lipinski definition) is 1. The van der Waals surface area contributed by atoms with Gasteiger partial charge in [-0.2, -0.15) is 13.2 Å². The van der Waals surface area contributed by atoms with E-state index in [9.17, 15) is 18.0 Å². The number of imidazole rings is 1. The van der Waals surface area contributed by atoms with Crippen molar-refractivity contribution < 1.29 is 18.0 Å². The standard InChI is InChI=1S/C23H15F3N4OS/c1-13-15-10-11-16(23(24,25)26)27-22(15)32-19(13)21(31)29-20-18(14-7-3-2-4-8-14)28-17-9-5-6-12-30(17)20/h2-12H,1H3,(H,29,31). The highest BCUT2D eigenvalue weighted by Crippen LogP contribution is 2.35. The van der Waals surface area contributed by atoms with Gasteiger partial charge in [-0.05, 0) is 36.8 Å². The number of amides is 1. The van der Waals surface area contributed by atoms with E-state index in [0.717, 1.165) is 23.0 Å². The van der Waals surface area contributed by atoms with Crippen LogP contribution in [0.5, 0.6) is 0 Å². The highest BCUT2D eigenvalue weighted by Gasteiger charge is 2.33. The van der Waals surface area contributed by atoms with Crippen molar-refractivity contribution in [2.24, 2.45) is 0 Å². The molecule has 5 rings (SSSR count). The van der Waals surface area contributed by atoms with Gasteiger partial charge in [0.25, 0.3) is 5.91 Å². The van der Waals surface area contributed by atoms with Crippen LogP contribution in [0.3, 0.4) is 0 Å². The van der Waals surface area contributed by atoms with Crippen LogP contribution in [0.15, 0.2) is 66.9 Å². The maximum absolute atomic E-state index is 13.2. The summed E-state index contributed by atoms with van der Waals surface area (Å²) in [7, 11) is 0. The fraction of sp³-hybridized carbons (Fsp3) is 0.0870. The van der Waals surface area contributed by atoms with E-state index >= 15 is 0 Å². The third-order valence-electron chi connectivity index (χ3n) is 5.11. The number of thiophene rings is 1. The second-order valence-electron chi connectivity index (χ2n) is 7.16. The predicted molar refractivity (Wildman–Crippen MR) is 118 cm³/mol. The molecule has 5 nitrogen and oxygen atoms in total. The number of carbonyl (C=O) groups excluding carboxylic acids is 1. The van der Waals surface area contributed by atoms with Gasteiger partial charge in [0, 0.05) is 17.1 Å². The largest absolute Gasteiger partial charge is 0.433 e. The average molecular weight is 452 g/mol. The number of alkyl halides is 3. The Kier molecular flexibility index (Phi) is 4.70. The van der Waals surface area contributed by atoms with Gasteiger partial charge < -0.3 is 5.32 Å². The van der Waals surface area contributed by atoms with Crippen LogP contribution in [0, 0.1) is 6.92 Å². The predicted octanol–water partition coefficient (Wildman–Crippen LogP) is 6.19. The van der Waals surface area contributed by atoms with Gasteiger partial charge in [0.15, 0.2) is 0 Å². The molecule has 0 saturated carbocycles. The van der Waals surface area contributed by atoms with Gasteiger partial charge >= 0.3 is 6.18 Å². The van der Waals surface area contributed by atoms with E-state index in [2.05, 4.69) is 15.3 Å². The Bertz CT molecular complexity index is 1470. The van der Waals surface area contributed by atoms with Crippen LogP contribution in [-0.4, -0.2) is 20.3 Å². The van der Waals surface area contributed by atoms with E-state index < -0.39 is 17.8 Å². The number of anilines is 1. The van der Waals surface area contributed by atoms with Crippen molar-refractivity contribution in [3.8, 4) is 11.3 Å². The van der Waals surface area contributed by atoms with Gasteiger partial charge in [-0.25, -0.2) is 9.97 Å². The van der Waals surface area contributed by atoms with Gasteiger partial charge in [-0.15, -0.1) is 11.3 Å². The molecular formula is C23H15F3N4OS. The highest BCUT2D eigenvalue weighted by atomic mass is 32.1. The zero-order valence-electron chi connectivity index (χ0n) is 16.6. The fourth-order valence-corrected chi connectivity index (χ4v) is 4.63. The van der Waals surface area contributed by atoms with Crippen molar-refractivity contribution in [2.45, 2.75) is 13.1 Å². The Labute approximate surface area is 184 Å². The van der Waals surface area contributed by atoms with E-state index in [1.807, 2.05) is 48.5 Å². The summed E-state index contributed by atoms with van der Waals surface area (Å²) in [6.07, 6.45) is -2.76. The Hall–Kier alpha value is -3.72. The maximum Gasteiger partial charge on any atom is 0.433 e. The van der Waals surface area contributed by atoms with Crippen molar-refractivity contribution in [2.75, 3.05) is 5.32 Å². The molecule has 160 valence electrons. The molecule has 0 saturated heterocycles. The zero-order valence-corrected chi connectivity index (χ0v) is 17.5. The molecule has 5 aromatic rings. The van der Waals surface area contributed by atoms with Crippen LogP contribution in [-0.2, 0) is 6.18 Å². The van der Waals surface area contributed by atoms with E-state index in [4.69, 9.17) is 0 Å². The molecule has 0 radical (unpaired) electrons.